The Kier molecular flexibility index (Phi) is 8.29. The van der Waals surface area contributed by atoms with Crippen molar-refractivity contribution in [2.75, 3.05) is 6.61 Å². The summed E-state index contributed by atoms with van der Waals surface area (Å²) in [7, 11) is 0. The lowest BCUT2D eigenvalue weighted by Crippen LogP contribution is -2.16. The lowest BCUT2D eigenvalue weighted by atomic mass is 10.0. The second-order valence-corrected chi connectivity index (χ2v) is 7.97. The Morgan fingerprint density at radius 1 is 0.900 bits per heavy atom. The van der Waals surface area contributed by atoms with Gasteiger partial charge in [0.05, 0.1) is 12.3 Å². The van der Waals surface area contributed by atoms with Crippen LogP contribution in [0.15, 0.2) is 48.5 Å². The molecule has 0 saturated carbocycles. The smallest absolute Gasteiger partial charge is 0.327 e. The van der Waals surface area contributed by atoms with E-state index < -0.39 is 0 Å². The molecule has 2 aromatic carbocycles. The molecule has 0 aliphatic rings. The molecule has 0 fully saturated rings. The molecule has 5 nitrogen and oxygen atoms in total. The van der Waals surface area contributed by atoms with E-state index in [1.807, 2.05) is 24.3 Å². The van der Waals surface area contributed by atoms with E-state index in [4.69, 9.17) is 27.9 Å². The van der Waals surface area contributed by atoms with Crippen LogP contribution >= 0.6 is 23.2 Å². The summed E-state index contributed by atoms with van der Waals surface area (Å²) in [4.78, 5) is 12.4. The number of hydrogen-bond donors (Lipinski definition) is 0. The first kappa shape index (κ1) is 22.3. The fraction of sp³-hybridized carbons (Fsp3) is 0.348. The summed E-state index contributed by atoms with van der Waals surface area (Å²) in [6.07, 6.45) is 5.52. The van der Waals surface area contributed by atoms with Crippen molar-refractivity contribution in [3.63, 3.8) is 0 Å². The monoisotopic (exact) mass is 445 g/mol. The highest BCUT2D eigenvalue weighted by Gasteiger charge is 2.19. The zero-order valence-electron chi connectivity index (χ0n) is 17.0. The van der Waals surface area contributed by atoms with Gasteiger partial charge in [-0.25, -0.2) is 4.68 Å². The summed E-state index contributed by atoms with van der Waals surface area (Å²) < 4.78 is 6.98. The molecule has 0 aliphatic heterocycles. The third-order valence-electron chi connectivity index (χ3n) is 4.76. The lowest BCUT2D eigenvalue weighted by Gasteiger charge is -2.09. The Bertz CT molecular complexity index is 954. The van der Waals surface area contributed by atoms with Crippen LogP contribution in [0.2, 0.25) is 10.0 Å². The number of hydrogen-bond acceptors (Lipinski definition) is 4. The Balaban J connectivity index is 1.78. The van der Waals surface area contributed by atoms with Gasteiger partial charge in [0, 0.05) is 21.2 Å². The Labute approximate surface area is 187 Å². The van der Waals surface area contributed by atoms with Gasteiger partial charge >= 0.3 is 5.97 Å². The molecule has 7 heteroatoms. The first-order valence-electron chi connectivity index (χ1n) is 10.2. The SMILES string of the molecule is CCCCCCCOC(=O)Cn1nnc(-c2ccc(Cl)cc2)c1-c1ccc(Cl)cc1. The summed E-state index contributed by atoms with van der Waals surface area (Å²) in [5.74, 6) is -0.326. The van der Waals surface area contributed by atoms with Gasteiger partial charge < -0.3 is 4.74 Å². The van der Waals surface area contributed by atoms with Crippen LogP contribution in [0.25, 0.3) is 22.5 Å². The normalized spacial score (nSPS) is 10.9. The van der Waals surface area contributed by atoms with Crippen molar-refractivity contribution in [1.82, 2.24) is 15.0 Å². The van der Waals surface area contributed by atoms with Crippen molar-refractivity contribution in [1.29, 1.82) is 0 Å². The standard InChI is InChI=1S/C23H25Cl2N3O2/c1-2-3-4-5-6-15-30-21(29)16-28-23(18-9-13-20(25)14-10-18)22(26-27-28)17-7-11-19(24)12-8-17/h7-14H,2-6,15-16H2,1H3. The second-order valence-electron chi connectivity index (χ2n) is 7.09. The van der Waals surface area contributed by atoms with Crippen molar-refractivity contribution in [2.24, 2.45) is 0 Å². The number of ether oxygens (including phenoxy) is 1. The van der Waals surface area contributed by atoms with Gasteiger partial charge in [-0.1, -0.05) is 85.3 Å². The van der Waals surface area contributed by atoms with E-state index in [1.165, 1.54) is 19.3 Å². The molecule has 0 unspecified atom stereocenters. The Morgan fingerprint density at radius 3 is 2.13 bits per heavy atom. The van der Waals surface area contributed by atoms with Crippen LogP contribution in [0.5, 0.6) is 0 Å². The predicted octanol–water partition coefficient (Wildman–Crippen LogP) is 6.43. The topological polar surface area (TPSA) is 57.0 Å². The van der Waals surface area contributed by atoms with Gasteiger partial charge in [-0.05, 0) is 30.7 Å². The molecule has 3 rings (SSSR count). The van der Waals surface area contributed by atoms with Gasteiger partial charge in [0.1, 0.15) is 12.2 Å². The number of nitrogens with zero attached hydrogens (tertiary/aromatic N) is 3. The molecule has 1 heterocycles. The van der Waals surface area contributed by atoms with E-state index in [0.29, 0.717) is 22.3 Å². The van der Waals surface area contributed by atoms with E-state index in [0.717, 1.165) is 29.7 Å². The molecule has 1 aromatic heterocycles. The summed E-state index contributed by atoms with van der Waals surface area (Å²) in [5, 5.41) is 9.82. The molecular formula is C23H25Cl2N3O2. The maximum absolute atomic E-state index is 12.4. The molecule has 3 aromatic rings. The fourth-order valence-corrected chi connectivity index (χ4v) is 3.43. The summed E-state index contributed by atoms with van der Waals surface area (Å²) in [6.45, 7) is 2.60. The van der Waals surface area contributed by atoms with Crippen molar-refractivity contribution >= 4 is 29.2 Å². The lowest BCUT2D eigenvalue weighted by molar-refractivity contribution is -0.144. The van der Waals surface area contributed by atoms with Gasteiger partial charge in [0.2, 0.25) is 0 Å². The van der Waals surface area contributed by atoms with Crippen LogP contribution < -0.4 is 0 Å². The molecule has 0 bridgehead atoms. The van der Waals surface area contributed by atoms with Crippen molar-refractivity contribution in [3.8, 4) is 22.5 Å². The number of unbranched alkanes of at least 4 members (excludes halogenated alkanes) is 4. The number of aromatic nitrogens is 3. The molecule has 0 spiro atoms. The summed E-state index contributed by atoms with van der Waals surface area (Å²) in [6, 6.07) is 14.7. The van der Waals surface area contributed by atoms with Crippen molar-refractivity contribution in [3.05, 3.63) is 58.6 Å². The number of esters is 1. The maximum Gasteiger partial charge on any atom is 0.327 e. The van der Waals surface area contributed by atoms with E-state index in [-0.39, 0.29) is 12.5 Å². The van der Waals surface area contributed by atoms with Crippen LogP contribution in [0, 0.1) is 0 Å². The van der Waals surface area contributed by atoms with Gasteiger partial charge in [-0.3, -0.25) is 4.79 Å². The van der Waals surface area contributed by atoms with Gasteiger partial charge in [0.25, 0.3) is 0 Å². The fourth-order valence-electron chi connectivity index (χ4n) is 3.18. The number of carbonyl (C=O) groups is 1. The average Bonchev–Trinajstić information content (AvgIpc) is 3.15. The first-order valence-corrected chi connectivity index (χ1v) is 10.9. The molecule has 158 valence electrons. The summed E-state index contributed by atoms with van der Waals surface area (Å²) in [5.41, 5.74) is 3.12. The average molecular weight is 446 g/mol. The van der Waals surface area contributed by atoms with E-state index in [2.05, 4.69) is 17.2 Å². The highest BCUT2D eigenvalue weighted by Crippen LogP contribution is 2.31. The third-order valence-corrected chi connectivity index (χ3v) is 5.26. The number of rotatable bonds is 10. The van der Waals surface area contributed by atoms with E-state index in [1.54, 1.807) is 28.9 Å². The van der Waals surface area contributed by atoms with Crippen LogP contribution in [-0.2, 0) is 16.1 Å². The van der Waals surface area contributed by atoms with E-state index in [9.17, 15) is 4.79 Å². The molecule has 0 saturated heterocycles. The minimum Gasteiger partial charge on any atom is -0.464 e. The first-order chi connectivity index (χ1) is 14.6. The molecular weight excluding hydrogens is 421 g/mol. The zero-order chi connectivity index (χ0) is 21.3. The number of carbonyl (C=O) groups excluding carboxylic acids is 1. The second kappa shape index (κ2) is 11.1. The van der Waals surface area contributed by atoms with Crippen molar-refractivity contribution < 1.29 is 9.53 Å². The quantitative estimate of drug-likeness (QED) is 0.266. The molecule has 0 aliphatic carbocycles. The Morgan fingerprint density at radius 2 is 1.50 bits per heavy atom. The maximum atomic E-state index is 12.4. The number of benzene rings is 2. The molecule has 30 heavy (non-hydrogen) atoms. The molecule has 0 N–H and O–H groups in total. The number of halogens is 2. The molecule has 0 amide bonds. The zero-order valence-corrected chi connectivity index (χ0v) is 18.5. The largest absolute Gasteiger partial charge is 0.464 e. The molecule has 0 radical (unpaired) electrons. The predicted molar refractivity (Wildman–Crippen MR) is 121 cm³/mol. The van der Waals surface area contributed by atoms with Crippen molar-refractivity contribution in [2.45, 2.75) is 45.6 Å². The van der Waals surface area contributed by atoms with Crippen LogP contribution in [0.3, 0.4) is 0 Å². The van der Waals surface area contributed by atoms with Gasteiger partial charge in [-0.15, -0.1) is 5.10 Å². The highest BCUT2D eigenvalue weighted by atomic mass is 35.5. The minimum atomic E-state index is -0.326. The minimum absolute atomic E-state index is 0.00644. The Hall–Kier alpha value is -2.37. The summed E-state index contributed by atoms with van der Waals surface area (Å²) >= 11 is 12.1. The highest BCUT2D eigenvalue weighted by molar-refractivity contribution is 6.31. The van der Waals surface area contributed by atoms with Crippen LogP contribution in [0.1, 0.15) is 39.0 Å². The van der Waals surface area contributed by atoms with Gasteiger partial charge in [-0.2, -0.15) is 0 Å². The van der Waals surface area contributed by atoms with E-state index >= 15 is 0 Å². The third kappa shape index (κ3) is 6.07. The molecule has 0 atom stereocenters. The van der Waals surface area contributed by atoms with Gasteiger partial charge in [0.15, 0.2) is 0 Å². The van der Waals surface area contributed by atoms with Crippen LogP contribution in [-0.4, -0.2) is 27.6 Å². The van der Waals surface area contributed by atoms with Crippen LogP contribution in [0.4, 0.5) is 0 Å².